The number of rotatable bonds is 3. The highest BCUT2D eigenvalue weighted by molar-refractivity contribution is 5.78. The van der Waals surface area contributed by atoms with E-state index in [1.807, 2.05) is 0 Å². The predicted molar refractivity (Wildman–Crippen MR) is 74.0 cm³/mol. The van der Waals surface area contributed by atoms with Crippen molar-refractivity contribution in [3.63, 3.8) is 0 Å². The molecule has 3 N–H and O–H groups in total. The first-order valence-electron chi connectivity index (χ1n) is 6.64. The molecule has 9 nitrogen and oxygen atoms in total. The van der Waals surface area contributed by atoms with Crippen molar-refractivity contribution in [3.05, 3.63) is 34.6 Å². The molecule has 22 heavy (non-hydrogen) atoms. The van der Waals surface area contributed by atoms with Crippen LogP contribution in [0.2, 0.25) is 0 Å². The molecule has 3 rings (SSSR count). The summed E-state index contributed by atoms with van der Waals surface area (Å²) in [5.74, 6) is 0. The fourth-order valence-electron chi connectivity index (χ4n) is 2.71. The van der Waals surface area contributed by atoms with Crippen LogP contribution in [0.3, 0.4) is 0 Å². The van der Waals surface area contributed by atoms with Crippen LogP contribution in [-0.2, 0) is 4.74 Å². The van der Waals surface area contributed by atoms with Crippen LogP contribution in [0.5, 0.6) is 0 Å². The lowest BCUT2D eigenvalue weighted by Gasteiger charge is -2.27. The third-order valence-electron chi connectivity index (χ3n) is 3.96. The lowest BCUT2D eigenvalue weighted by Crippen LogP contribution is -2.44. The van der Waals surface area contributed by atoms with E-state index in [1.54, 1.807) is 0 Å². The molecule has 4 atom stereocenters. The van der Waals surface area contributed by atoms with Gasteiger partial charge >= 0.3 is 0 Å². The zero-order chi connectivity index (χ0) is 16.1. The molecule has 0 amide bonds. The van der Waals surface area contributed by atoms with Gasteiger partial charge in [-0.2, -0.15) is 0 Å². The number of hydrogen-bond donors (Lipinski definition) is 3. The molecule has 9 heteroatoms. The first-order valence-corrected chi connectivity index (χ1v) is 6.64. The van der Waals surface area contributed by atoms with Crippen molar-refractivity contribution in [2.24, 2.45) is 0 Å². The molecule has 0 aliphatic carbocycles. The molecule has 2 heterocycles. The molecule has 0 saturated carbocycles. The number of fused-ring (bicyclic) bond motifs is 1. The van der Waals surface area contributed by atoms with E-state index < -0.39 is 35.6 Å². The number of nitrogens with zero attached hydrogens (tertiary/aromatic N) is 3. The molecular formula is C13H15N3O6. The molecule has 118 valence electrons. The van der Waals surface area contributed by atoms with Gasteiger partial charge in [0.15, 0.2) is 6.23 Å². The second kappa shape index (κ2) is 4.99. The van der Waals surface area contributed by atoms with E-state index >= 15 is 0 Å². The van der Waals surface area contributed by atoms with Gasteiger partial charge in [-0.25, -0.2) is 4.98 Å². The minimum Gasteiger partial charge on any atom is -0.394 e. The molecule has 2 aromatic rings. The number of non-ortho nitro benzene ring substituents is 1. The molecule has 1 aliphatic rings. The Hall–Kier alpha value is -2.07. The normalized spacial score (nSPS) is 31.7. The third kappa shape index (κ3) is 2.06. The molecule has 0 bridgehead atoms. The summed E-state index contributed by atoms with van der Waals surface area (Å²) in [4.78, 5) is 14.5. The Bertz CT molecular complexity index is 728. The van der Waals surface area contributed by atoms with E-state index in [4.69, 9.17) is 4.74 Å². The molecule has 1 saturated heterocycles. The third-order valence-corrected chi connectivity index (χ3v) is 3.96. The zero-order valence-electron chi connectivity index (χ0n) is 11.7. The number of aliphatic hydroxyl groups excluding tert-OH is 2. The van der Waals surface area contributed by atoms with Crippen LogP contribution in [0.1, 0.15) is 13.2 Å². The van der Waals surface area contributed by atoms with E-state index in [9.17, 15) is 25.4 Å². The standard InChI is InChI=1S/C13H15N3O6/c1-13(19)11(18)10(5-17)22-12(13)15-6-14-8-3-2-7(16(20)21)4-9(8)15/h2-4,6,10-12,17-19H,5H2,1H3/t10-,11-,12?,13-/m1/s1. The number of imidazole rings is 1. The topological polar surface area (TPSA) is 131 Å². The van der Waals surface area contributed by atoms with Gasteiger partial charge in [-0.15, -0.1) is 0 Å². The summed E-state index contributed by atoms with van der Waals surface area (Å²) in [6.45, 7) is 0.918. The summed E-state index contributed by atoms with van der Waals surface area (Å²) in [6, 6.07) is 4.15. The summed E-state index contributed by atoms with van der Waals surface area (Å²) in [6.07, 6.45) is -1.89. The maximum atomic E-state index is 10.9. The number of aromatic nitrogens is 2. The van der Waals surface area contributed by atoms with Crippen molar-refractivity contribution in [1.29, 1.82) is 0 Å². The SMILES string of the molecule is C[C@]1(O)C(n2cnc3ccc([N+](=O)[O-])cc32)O[C@H](CO)[C@H]1O. The zero-order valence-corrected chi connectivity index (χ0v) is 11.7. The number of nitro benzene ring substituents is 1. The first kappa shape index (κ1) is 14.9. The van der Waals surface area contributed by atoms with Crippen LogP contribution in [-0.4, -0.2) is 54.2 Å². The molecule has 0 spiro atoms. The van der Waals surface area contributed by atoms with E-state index in [2.05, 4.69) is 4.98 Å². The Morgan fingerprint density at radius 3 is 2.86 bits per heavy atom. The van der Waals surface area contributed by atoms with E-state index in [-0.39, 0.29) is 5.69 Å². The number of aliphatic hydroxyl groups is 3. The average Bonchev–Trinajstić information content (AvgIpc) is 2.98. The first-order chi connectivity index (χ1) is 10.4. The van der Waals surface area contributed by atoms with Crippen molar-refractivity contribution in [3.8, 4) is 0 Å². The summed E-state index contributed by atoms with van der Waals surface area (Å²) in [5, 5.41) is 40.6. The Morgan fingerprint density at radius 1 is 1.55 bits per heavy atom. The number of hydrogen-bond acceptors (Lipinski definition) is 7. The number of nitro groups is 1. The van der Waals surface area contributed by atoms with Gasteiger partial charge in [0.1, 0.15) is 17.8 Å². The van der Waals surface area contributed by atoms with E-state index in [0.29, 0.717) is 11.0 Å². The van der Waals surface area contributed by atoms with Gasteiger partial charge in [-0.05, 0) is 13.0 Å². The van der Waals surface area contributed by atoms with Crippen molar-refractivity contribution in [1.82, 2.24) is 9.55 Å². The fourth-order valence-corrected chi connectivity index (χ4v) is 2.71. The van der Waals surface area contributed by atoms with Gasteiger partial charge in [-0.1, -0.05) is 0 Å². The van der Waals surface area contributed by atoms with Crippen molar-refractivity contribution >= 4 is 16.7 Å². The van der Waals surface area contributed by atoms with Crippen molar-refractivity contribution < 1.29 is 25.0 Å². The maximum Gasteiger partial charge on any atom is 0.271 e. The lowest BCUT2D eigenvalue weighted by molar-refractivity contribution is -0.384. The molecule has 1 aromatic heterocycles. The monoisotopic (exact) mass is 309 g/mol. The summed E-state index contributed by atoms with van der Waals surface area (Å²) < 4.78 is 6.91. The van der Waals surface area contributed by atoms with Crippen molar-refractivity contribution in [2.45, 2.75) is 31.0 Å². The van der Waals surface area contributed by atoms with Gasteiger partial charge < -0.3 is 24.6 Å². The smallest absolute Gasteiger partial charge is 0.271 e. The number of benzene rings is 1. The summed E-state index contributed by atoms with van der Waals surface area (Å²) in [5.41, 5.74) is -0.908. The highest BCUT2D eigenvalue weighted by Gasteiger charge is 2.53. The quantitative estimate of drug-likeness (QED) is 0.535. The second-order valence-electron chi connectivity index (χ2n) is 5.46. The highest BCUT2D eigenvalue weighted by Crippen LogP contribution is 2.39. The molecule has 1 unspecified atom stereocenters. The van der Waals surface area contributed by atoms with Crippen LogP contribution in [0.15, 0.2) is 24.5 Å². The van der Waals surface area contributed by atoms with Gasteiger partial charge in [0.25, 0.3) is 5.69 Å². The van der Waals surface area contributed by atoms with Crippen LogP contribution >= 0.6 is 0 Å². The summed E-state index contributed by atoms with van der Waals surface area (Å²) >= 11 is 0. The minimum absolute atomic E-state index is 0.119. The van der Waals surface area contributed by atoms with Gasteiger partial charge in [0, 0.05) is 12.1 Å². The molecule has 1 aliphatic heterocycles. The largest absolute Gasteiger partial charge is 0.394 e. The molecule has 1 fully saturated rings. The van der Waals surface area contributed by atoms with Gasteiger partial charge in [0.05, 0.1) is 28.9 Å². The number of ether oxygens (including phenoxy) is 1. The van der Waals surface area contributed by atoms with E-state index in [1.165, 1.54) is 36.0 Å². The molecule has 1 aromatic carbocycles. The Balaban J connectivity index is 2.10. The minimum atomic E-state index is -1.67. The maximum absolute atomic E-state index is 10.9. The van der Waals surface area contributed by atoms with Crippen LogP contribution < -0.4 is 0 Å². The highest BCUT2D eigenvalue weighted by atomic mass is 16.6. The van der Waals surface area contributed by atoms with Gasteiger partial charge in [0.2, 0.25) is 0 Å². The Labute approximate surface area is 124 Å². The van der Waals surface area contributed by atoms with E-state index in [0.717, 1.165) is 0 Å². The molecule has 0 radical (unpaired) electrons. The Morgan fingerprint density at radius 2 is 2.27 bits per heavy atom. The summed E-state index contributed by atoms with van der Waals surface area (Å²) in [7, 11) is 0. The lowest BCUT2D eigenvalue weighted by atomic mass is 9.96. The average molecular weight is 309 g/mol. The van der Waals surface area contributed by atoms with Crippen LogP contribution in [0, 0.1) is 10.1 Å². The fraction of sp³-hybridized carbons (Fsp3) is 0.462. The van der Waals surface area contributed by atoms with Crippen LogP contribution in [0.4, 0.5) is 5.69 Å². The molecular weight excluding hydrogens is 294 g/mol. The van der Waals surface area contributed by atoms with Gasteiger partial charge in [-0.3, -0.25) is 10.1 Å². The predicted octanol–water partition coefficient (Wildman–Crippen LogP) is -0.0539. The van der Waals surface area contributed by atoms with Crippen LogP contribution in [0.25, 0.3) is 11.0 Å². The Kier molecular flexibility index (Phi) is 3.37. The van der Waals surface area contributed by atoms with Crippen molar-refractivity contribution in [2.75, 3.05) is 6.61 Å². The second-order valence-corrected chi connectivity index (χ2v) is 5.46.